The minimum atomic E-state index is -4.67. The minimum Gasteiger partial charge on any atom is -0.478 e. The Morgan fingerprint density at radius 1 is 1.31 bits per heavy atom. The van der Waals surface area contributed by atoms with Crippen LogP contribution in [-0.2, 0) is 15.2 Å². The van der Waals surface area contributed by atoms with Gasteiger partial charge in [-0.25, -0.2) is 4.79 Å². The van der Waals surface area contributed by atoms with Gasteiger partial charge in [0.2, 0.25) is 0 Å². The van der Waals surface area contributed by atoms with E-state index in [-0.39, 0.29) is 6.04 Å². The number of nitrogens with zero attached hydrogens (tertiary/aromatic N) is 1. The second kappa shape index (κ2) is 7.34. The fraction of sp³-hybridized carbons (Fsp3) is 0.625. The van der Waals surface area contributed by atoms with Gasteiger partial charge < -0.3 is 10.0 Å². The van der Waals surface area contributed by atoms with Crippen molar-refractivity contribution in [1.82, 2.24) is 4.90 Å². The summed E-state index contributed by atoms with van der Waals surface area (Å²) in [6.45, 7) is 3.55. The van der Waals surface area contributed by atoms with Gasteiger partial charge in [0.15, 0.2) is 0 Å². The van der Waals surface area contributed by atoms with Crippen molar-refractivity contribution in [3.05, 3.63) is 11.6 Å². The number of rotatable bonds is 3. The molecule has 0 saturated heterocycles. The molecule has 0 aromatic carbocycles. The van der Waals surface area contributed by atoms with E-state index in [0.29, 0.717) is 5.57 Å². The topological polar surface area (TPSA) is 115 Å². The number of carboxylic acids is 1. The highest BCUT2D eigenvalue weighted by molar-refractivity contribution is 7.79. The third kappa shape index (κ3) is 15.5. The average molecular weight is 255 g/mol. The van der Waals surface area contributed by atoms with Crippen LogP contribution in [0.4, 0.5) is 0 Å². The molecular formula is C8H17NO6S. The first-order valence-corrected chi connectivity index (χ1v) is 5.63. The van der Waals surface area contributed by atoms with Gasteiger partial charge in [0.25, 0.3) is 0 Å². The molecule has 96 valence electrons. The Hall–Kier alpha value is -0.960. The summed E-state index contributed by atoms with van der Waals surface area (Å²) in [7, 11) is -0.841. The van der Waals surface area contributed by atoms with Gasteiger partial charge in [-0.1, -0.05) is 6.08 Å². The Kier molecular flexibility index (Phi) is 7.99. The molecule has 0 rings (SSSR count). The van der Waals surface area contributed by atoms with Crippen molar-refractivity contribution in [1.29, 1.82) is 0 Å². The van der Waals surface area contributed by atoms with Crippen molar-refractivity contribution in [3.8, 4) is 0 Å². The molecule has 0 radical (unpaired) electrons. The number of hydrogen-bond acceptors (Lipinski definition) is 4. The van der Waals surface area contributed by atoms with Crippen molar-refractivity contribution in [3.63, 3.8) is 0 Å². The second-order valence-corrected chi connectivity index (χ2v) is 4.20. The van der Waals surface area contributed by atoms with Crippen LogP contribution >= 0.6 is 0 Å². The van der Waals surface area contributed by atoms with Crippen LogP contribution in [0.2, 0.25) is 0 Å². The van der Waals surface area contributed by atoms with Gasteiger partial charge in [0.05, 0.1) is 0 Å². The van der Waals surface area contributed by atoms with Crippen molar-refractivity contribution in [2.45, 2.75) is 19.9 Å². The summed E-state index contributed by atoms with van der Waals surface area (Å²) in [5, 5.41) is 8.53. The van der Waals surface area contributed by atoms with Gasteiger partial charge in [-0.3, -0.25) is 9.11 Å². The fourth-order valence-corrected chi connectivity index (χ4v) is 0.582. The lowest BCUT2D eigenvalue weighted by Gasteiger charge is -2.15. The van der Waals surface area contributed by atoms with E-state index in [1.807, 2.05) is 25.9 Å². The Morgan fingerprint density at radius 3 is 1.81 bits per heavy atom. The molecule has 1 unspecified atom stereocenters. The number of hydrogen-bond donors (Lipinski definition) is 3. The Morgan fingerprint density at radius 2 is 1.62 bits per heavy atom. The summed E-state index contributed by atoms with van der Waals surface area (Å²) in [5.41, 5.74) is 0.395. The maximum atomic E-state index is 10.4. The van der Waals surface area contributed by atoms with E-state index in [9.17, 15) is 4.79 Å². The molecule has 0 aromatic heterocycles. The van der Waals surface area contributed by atoms with Crippen molar-refractivity contribution in [2.75, 3.05) is 14.1 Å². The van der Waals surface area contributed by atoms with Crippen LogP contribution in [-0.4, -0.2) is 53.6 Å². The van der Waals surface area contributed by atoms with E-state index in [2.05, 4.69) is 0 Å². The lowest BCUT2D eigenvalue weighted by molar-refractivity contribution is -0.132. The molecule has 0 fully saturated rings. The van der Waals surface area contributed by atoms with Gasteiger partial charge in [0, 0.05) is 11.6 Å². The maximum Gasteiger partial charge on any atom is 0.394 e. The predicted molar refractivity (Wildman–Crippen MR) is 58.7 cm³/mol. The highest BCUT2D eigenvalue weighted by atomic mass is 32.3. The molecular weight excluding hydrogens is 238 g/mol. The first kappa shape index (κ1) is 17.4. The third-order valence-electron chi connectivity index (χ3n) is 1.64. The minimum absolute atomic E-state index is 0.172. The number of carboxylic acid groups (broad SMARTS) is 1. The summed E-state index contributed by atoms with van der Waals surface area (Å²) in [4.78, 5) is 12.3. The molecule has 8 heteroatoms. The highest BCUT2D eigenvalue weighted by Gasteiger charge is 2.04. The van der Waals surface area contributed by atoms with Crippen LogP contribution in [0.1, 0.15) is 13.8 Å². The lowest BCUT2D eigenvalue weighted by Crippen LogP contribution is -2.23. The zero-order valence-electron chi connectivity index (χ0n) is 9.58. The molecule has 7 nitrogen and oxygen atoms in total. The van der Waals surface area contributed by atoms with E-state index < -0.39 is 16.4 Å². The van der Waals surface area contributed by atoms with Crippen LogP contribution in [0.5, 0.6) is 0 Å². The smallest absolute Gasteiger partial charge is 0.394 e. The van der Waals surface area contributed by atoms with Gasteiger partial charge in [0.1, 0.15) is 0 Å². The van der Waals surface area contributed by atoms with Gasteiger partial charge in [-0.05, 0) is 27.9 Å². The normalized spacial score (nSPS) is 14.1. The molecule has 0 aromatic rings. The molecule has 0 amide bonds. The molecule has 1 atom stereocenters. The largest absolute Gasteiger partial charge is 0.478 e. The summed E-state index contributed by atoms with van der Waals surface area (Å²) in [6, 6.07) is 0.172. The number of carbonyl (C=O) groups is 1. The first-order chi connectivity index (χ1) is 6.95. The van der Waals surface area contributed by atoms with Crippen molar-refractivity contribution < 1.29 is 27.4 Å². The monoisotopic (exact) mass is 255 g/mol. The molecule has 16 heavy (non-hydrogen) atoms. The quantitative estimate of drug-likeness (QED) is 0.491. The molecule has 3 N–H and O–H groups in total. The van der Waals surface area contributed by atoms with Crippen LogP contribution < -0.4 is 0 Å². The first-order valence-electron chi connectivity index (χ1n) is 4.23. The predicted octanol–water partition coefficient (Wildman–Crippen LogP) is 0.315. The van der Waals surface area contributed by atoms with Crippen LogP contribution in [0, 0.1) is 0 Å². The van der Waals surface area contributed by atoms with E-state index >= 15 is 0 Å². The SMILES string of the molecule is CC(=CC(C)N(C)C)C(=O)O.O=S(=O)(O)O. The molecule has 0 aliphatic carbocycles. The van der Waals surface area contributed by atoms with Crippen LogP contribution in [0.15, 0.2) is 11.6 Å². The summed E-state index contributed by atoms with van der Waals surface area (Å²) in [5.74, 6) is -0.848. The third-order valence-corrected chi connectivity index (χ3v) is 1.64. The highest BCUT2D eigenvalue weighted by Crippen LogP contribution is 1.99. The zero-order chi connectivity index (χ0) is 13.5. The Balaban J connectivity index is 0. The Bertz CT molecular complexity index is 338. The summed E-state index contributed by atoms with van der Waals surface area (Å²) < 4.78 is 31.6. The summed E-state index contributed by atoms with van der Waals surface area (Å²) in [6.07, 6.45) is 1.72. The van der Waals surface area contributed by atoms with Gasteiger partial charge in [-0.2, -0.15) is 8.42 Å². The Labute approximate surface area is 95.0 Å². The number of aliphatic carboxylic acids is 1. The lowest BCUT2D eigenvalue weighted by atomic mass is 10.2. The van der Waals surface area contributed by atoms with Crippen molar-refractivity contribution >= 4 is 16.4 Å². The molecule has 0 saturated carbocycles. The average Bonchev–Trinajstić information content (AvgIpc) is 2.00. The second-order valence-electron chi connectivity index (χ2n) is 3.31. The standard InChI is InChI=1S/C8H15NO2.H2O4S/c1-6(8(10)11)5-7(2)9(3)4;1-5(2,3)4/h5,7H,1-4H3,(H,10,11);(H2,1,2,3,4). The van der Waals surface area contributed by atoms with E-state index in [0.717, 1.165) is 0 Å². The van der Waals surface area contributed by atoms with Gasteiger partial charge >= 0.3 is 16.4 Å². The summed E-state index contributed by atoms with van der Waals surface area (Å²) >= 11 is 0. The van der Waals surface area contributed by atoms with Gasteiger partial charge in [-0.15, -0.1) is 0 Å². The molecule has 0 aliphatic heterocycles. The van der Waals surface area contributed by atoms with Crippen LogP contribution in [0.25, 0.3) is 0 Å². The van der Waals surface area contributed by atoms with Crippen LogP contribution in [0.3, 0.4) is 0 Å². The molecule has 0 heterocycles. The molecule has 0 aliphatic rings. The van der Waals surface area contributed by atoms with E-state index in [1.165, 1.54) is 0 Å². The molecule has 0 bridgehead atoms. The number of likely N-dealkylation sites (N-methyl/N-ethyl adjacent to an activating group) is 1. The van der Waals surface area contributed by atoms with Crippen molar-refractivity contribution in [2.24, 2.45) is 0 Å². The maximum absolute atomic E-state index is 10.4. The fourth-order valence-electron chi connectivity index (χ4n) is 0.582. The van der Waals surface area contributed by atoms with E-state index in [1.54, 1.807) is 13.0 Å². The van der Waals surface area contributed by atoms with E-state index in [4.69, 9.17) is 22.6 Å². The zero-order valence-corrected chi connectivity index (χ0v) is 10.4. The molecule has 0 spiro atoms.